The summed E-state index contributed by atoms with van der Waals surface area (Å²) in [6.45, 7) is 3.46. The molecule has 4 aromatic rings. The molecule has 0 aliphatic carbocycles. The molecule has 0 unspecified atom stereocenters. The molecule has 0 spiro atoms. The van der Waals surface area contributed by atoms with Crippen molar-refractivity contribution in [3.8, 4) is 0 Å². The second-order valence-corrected chi connectivity index (χ2v) is 6.66. The molecule has 3 aromatic heterocycles. The largest absolute Gasteiger partial charge is 0.453 e. The molecule has 3 heterocycles. The number of esters is 1. The van der Waals surface area contributed by atoms with Gasteiger partial charge in [-0.1, -0.05) is 17.7 Å². The number of carbonyl (C=O) groups excluding carboxylic acids is 1. The van der Waals surface area contributed by atoms with Crippen LogP contribution in [0.1, 0.15) is 27.5 Å². The van der Waals surface area contributed by atoms with Crippen molar-refractivity contribution < 1.29 is 13.9 Å². The molecule has 0 atom stereocenters. The Morgan fingerprint density at radius 2 is 2.04 bits per heavy atom. The smallest absolute Gasteiger partial charge is 0.374 e. The van der Waals surface area contributed by atoms with E-state index in [9.17, 15) is 9.59 Å². The third-order valence-corrected chi connectivity index (χ3v) is 4.60. The van der Waals surface area contributed by atoms with Gasteiger partial charge in [-0.15, -0.1) is 0 Å². The Hall–Kier alpha value is -3.12. The lowest BCUT2D eigenvalue weighted by Crippen LogP contribution is -2.18. The van der Waals surface area contributed by atoms with Crippen molar-refractivity contribution >= 4 is 34.2 Å². The van der Waals surface area contributed by atoms with E-state index in [1.807, 2.05) is 19.1 Å². The summed E-state index contributed by atoms with van der Waals surface area (Å²) in [6, 6.07) is 11.9. The SMILES string of the molecule is Cc1c(C(=O)OCc2cc(=O)n3c(C)cccc3n2)oc2ccc(Cl)cc12. The average Bonchev–Trinajstić information content (AvgIpc) is 2.96. The van der Waals surface area contributed by atoms with Crippen LogP contribution in [-0.2, 0) is 11.3 Å². The van der Waals surface area contributed by atoms with E-state index in [0.29, 0.717) is 27.5 Å². The number of halogens is 1. The molecular formula is C20H15ClN2O4. The molecule has 136 valence electrons. The van der Waals surface area contributed by atoms with Crippen LogP contribution in [0, 0.1) is 13.8 Å². The summed E-state index contributed by atoms with van der Waals surface area (Å²) < 4.78 is 12.4. The number of hydrogen-bond donors (Lipinski definition) is 0. The van der Waals surface area contributed by atoms with Crippen LogP contribution in [0.25, 0.3) is 16.6 Å². The molecule has 0 saturated carbocycles. The lowest BCUT2D eigenvalue weighted by Gasteiger charge is -2.07. The zero-order valence-electron chi connectivity index (χ0n) is 14.7. The van der Waals surface area contributed by atoms with E-state index in [2.05, 4.69) is 4.98 Å². The van der Waals surface area contributed by atoms with Gasteiger partial charge in [-0.25, -0.2) is 9.78 Å². The molecule has 0 radical (unpaired) electrons. The summed E-state index contributed by atoms with van der Waals surface area (Å²) in [5, 5.41) is 1.31. The fraction of sp³-hybridized carbons (Fsp3) is 0.150. The van der Waals surface area contributed by atoms with Gasteiger partial charge in [0.2, 0.25) is 5.76 Å². The second kappa shape index (κ2) is 6.55. The molecule has 0 aliphatic rings. The number of aromatic nitrogens is 2. The minimum Gasteiger partial charge on any atom is -0.453 e. The van der Waals surface area contributed by atoms with E-state index in [1.54, 1.807) is 31.2 Å². The van der Waals surface area contributed by atoms with Crippen molar-refractivity contribution in [3.05, 3.63) is 80.6 Å². The molecule has 0 N–H and O–H groups in total. The Kier molecular flexibility index (Phi) is 4.20. The van der Waals surface area contributed by atoms with E-state index >= 15 is 0 Å². The number of pyridine rings is 1. The van der Waals surface area contributed by atoms with E-state index < -0.39 is 5.97 Å². The maximum absolute atomic E-state index is 12.4. The van der Waals surface area contributed by atoms with E-state index in [1.165, 1.54) is 10.5 Å². The van der Waals surface area contributed by atoms with Crippen LogP contribution in [0.3, 0.4) is 0 Å². The van der Waals surface area contributed by atoms with E-state index in [4.69, 9.17) is 20.8 Å². The Morgan fingerprint density at radius 3 is 2.85 bits per heavy atom. The number of carbonyl (C=O) groups is 1. The standard InChI is InChI=1S/C20H15ClN2O4/c1-11-4-3-5-17-22-14(9-18(24)23(11)17)10-26-20(25)19-12(2)15-8-13(21)6-7-16(15)27-19/h3-9H,10H2,1-2H3. The Morgan fingerprint density at radius 1 is 1.22 bits per heavy atom. The van der Waals surface area contributed by atoms with E-state index in [0.717, 1.165) is 11.1 Å². The first-order valence-electron chi connectivity index (χ1n) is 8.28. The Bertz CT molecular complexity index is 1260. The highest BCUT2D eigenvalue weighted by Crippen LogP contribution is 2.28. The van der Waals surface area contributed by atoms with Crippen molar-refractivity contribution in [2.75, 3.05) is 0 Å². The van der Waals surface area contributed by atoms with Crippen LogP contribution in [0.4, 0.5) is 0 Å². The Labute approximate surface area is 159 Å². The number of furan rings is 1. The maximum atomic E-state index is 12.4. The van der Waals surface area contributed by atoms with Gasteiger partial charge in [0.1, 0.15) is 17.8 Å². The monoisotopic (exact) mass is 382 g/mol. The van der Waals surface area contributed by atoms with Crippen LogP contribution in [-0.4, -0.2) is 15.4 Å². The minimum atomic E-state index is -0.619. The highest BCUT2D eigenvalue weighted by atomic mass is 35.5. The van der Waals surface area contributed by atoms with Crippen molar-refractivity contribution in [3.63, 3.8) is 0 Å². The highest BCUT2D eigenvalue weighted by molar-refractivity contribution is 6.31. The van der Waals surface area contributed by atoms with Gasteiger partial charge in [0.15, 0.2) is 0 Å². The van der Waals surface area contributed by atoms with Gasteiger partial charge >= 0.3 is 5.97 Å². The fourth-order valence-corrected chi connectivity index (χ4v) is 3.20. The van der Waals surface area contributed by atoms with Crippen LogP contribution in [0.5, 0.6) is 0 Å². The molecule has 0 saturated heterocycles. The summed E-state index contributed by atoms with van der Waals surface area (Å²) >= 11 is 6.00. The van der Waals surface area contributed by atoms with Gasteiger partial charge in [-0.3, -0.25) is 9.20 Å². The van der Waals surface area contributed by atoms with Gasteiger partial charge in [0, 0.05) is 27.7 Å². The van der Waals surface area contributed by atoms with Crippen LogP contribution < -0.4 is 5.56 Å². The normalized spacial score (nSPS) is 11.2. The van der Waals surface area contributed by atoms with Crippen LogP contribution in [0.2, 0.25) is 5.02 Å². The molecule has 7 heteroatoms. The molecule has 1 aromatic carbocycles. The van der Waals surface area contributed by atoms with Crippen LogP contribution >= 0.6 is 11.6 Å². The average molecular weight is 383 g/mol. The number of benzene rings is 1. The van der Waals surface area contributed by atoms with Gasteiger partial charge < -0.3 is 9.15 Å². The van der Waals surface area contributed by atoms with Crippen molar-refractivity contribution in [2.24, 2.45) is 0 Å². The maximum Gasteiger partial charge on any atom is 0.374 e. The number of fused-ring (bicyclic) bond motifs is 2. The topological polar surface area (TPSA) is 73.8 Å². The van der Waals surface area contributed by atoms with Crippen molar-refractivity contribution in [1.29, 1.82) is 0 Å². The van der Waals surface area contributed by atoms with Gasteiger partial charge in [-0.2, -0.15) is 0 Å². The number of aryl methyl sites for hydroxylation is 2. The summed E-state index contributed by atoms with van der Waals surface area (Å²) in [4.78, 5) is 29.1. The first-order valence-corrected chi connectivity index (χ1v) is 8.66. The number of nitrogens with zero attached hydrogens (tertiary/aromatic N) is 2. The number of rotatable bonds is 3. The lowest BCUT2D eigenvalue weighted by atomic mass is 10.1. The third-order valence-electron chi connectivity index (χ3n) is 4.37. The second-order valence-electron chi connectivity index (χ2n) is 6.22. The molecule has 6 nitrogen and oxygen atoms in total. The summed E-state index contributed by atoms with van der Waals surface area (Å²) in [5.41, 5.74) is 2.64. The Balaban J connectivity index is 1.60. The van der Waals surface area contributed by atoms with Crippen molar-refractivity contribution in [1.82, 2.24) is 9.38 Å². The molecule has 0 fully saturated rings. The van der Waals surface area contributed by atoms with Crippen molar-refractivity contribution in [2.45, 2.75) is 20.5 Å². The van der Waals surface area contributed by atoms with Gasteiger partial charge in [-0.05, 0) is 44.2 Å². The number of ether oxygens (including phenoxy) is 1. The summed E-state index contributed by atoms with van der Waals surface area (Å²) in [5.74, 6) is -0.508. The zero-order valence-corrected chi connectivity index (χ0v) is 15.4. The zero-order chi connectivity index (χ0) is 19.1. The molecular weight excluding hydrogens is 368 g/mol. The minimum absolute atomic E-state index is 0.112. The summed E-state index contributed by atoms with van der Waals surface area (Å²) in [6.07, 6.45) is 0. The predicted molar refractivity (Wildman–Crippen MR) is 101 cm³/mol. The molecule has 0 amide bonds. The summed E-state index contributed by atoms with van der Waals surface area (Å²) in [7, 11) is 0. The first-order chi connectivity index (χ1) is 12.9. The van der Waals surface area contributed by atoms with Crippen LogP contribution in [0.15, 0.2) is 51.7 Å². The third kappa shape index (κ3) is 3.08. The molecule has 0 aliphatic heterocycles. The predicted octanol–water partition coefficient (Wildman–Crippen LogP) is 4.07. The van der Waals surface area contributed by atoms with Gasteiger partial charge in [0.05, 0.1) is 5.69 Å². The quantitative estimate of drug-likeness (QED) is 0.499. The first kappa shape index (κ1) is 17.3. The molecule has 0 bridgehead atoms. The van der Waals surface area contributed by atoms with E-state index in [-0.39, 0.29) is 17.9 Å². The lowest BCUT2D eigenvalue weighted by molar-refractivity contribution is 0.0432. The fourth-order valence-electron chi connectivity index (χ4n) is 3.03. The highest BCUT2D eigenvalue weighted by Gasteiger charge is 2.19. The molecule has 27 heavy (non-hydrogen) atoms. The number of hydrogen-bond acceptors (Lipinski definition) is 5. The van der Waals surface area contributed by atoms with Gasteiger partial charge in [0.25, 0.3) is 5.56 Å². The molecule has 4 rings (SSSR count).